The van der Waals surface area contributed by atoms with Gasteiger partial charge >= 0.3 is 6.09 Å². The van der Waals surface area contributed by atoms with Crippen molar-refractivity contribution in [2.24, 2.45) is 0 Å². The normalized spacial score (nSPS) is 11.0. The number of halogens is 2. The van der Waals surface area contributed by atoms with E-state index in [9.17, 15) is 9.18 Å². The summed E-state index contributed by atoms with van der Waals surface area (Å²) in [5, 5.41) is 2.18. The first-order valence-corrected chi connectivity index (χ1v) is 5.50. The van der Waals surface area contributed by atoms with Gasteiger partial charge in [-0.25, -0.2) is 9.78 Å². The molecule has 0 aromatic carbocycles. The smallest absolute Gasteiger partial charge is 0.412 e. The lowest BCUT2D eigenvalue weighted by Crippen LogP contribution is -2.27. The maximum Gasteiger partial charge on any atom is 0.412 e. The molecule has 1 aromatic rings. The topological polar surface area (TPSA) is 60.5 Å². The predicted molar refractivity (Wildman–Crippen MR) is 65.6 cm³/mol. The van der Waals surface area contributed by atoms with Crippen LogP contribution in [-0.4, -0.2) is 23.8 Å². The molecule has 0 bridgehead atoms. The molecule has 0 saturated carbocycles. The number of carbonyl (C=O) groups is 1. The third-order valence-corrected chi connectivity index (χ3v) is 2.05. The first-order chi connectivity index (χ1) is 8.24. The highest BCUT2D eigenvalue weighted by molar-refractivity contribution is 6.33. The van der Waals surface area contributed by atoms with Crippen LogP contribution in [0.25, 0.3) is 0 Å². The molecule has 0 aliphatic carbocycles. The lowest BCUT2D eigenvalue weighted by atomic mass is 10.2. The molecule has 0 spiro atoms. The highest BCUT2D eigenvalue weighted by atomic mass is 35.5. The van der Waals surface area contributed by atoms with Gasteiger partial charge in [0.05, 0.1) is 18.3 Å². The van der Waals surface area contributed by atoms with E-state index in [0.717, 1.165) is 0 Å². The van der Waals surface area contributed by atoms with Gasteiger partial charge in [-0.05, 0) is 20.8 Å². The van der Waals surface area contributed by atoms with E-state index in [-0.39, 0.29) is 16.6 Å². The van der Waals surface area contributed by atoms with E-state index in [2.05, 4.69) is 15.0 Å². The maximum atomic E-state index is 13.8. The minimum absolute atomic E-state index is 0.0424. The van der Waals surface area contributed by atoms with Gasteiger partial charge in [0.15, 0.2) is 0 Å². The summed E-state index contributed by atoms with van der Waals surface area (Å²) in [6.07, 6.45) is 0.368. The number of rotatable bonds is 2. The Morgan fingerprint density at radius 3 is 2.61 bits per heavy atom. The summed E-state index contributed by atoms with van der Waals surface area (Å²) in [6.45, 7) is 5.08. The van der Waals surface area contributed by atoms with Crippen molar-refractivity contribution in [1.82, 2.24) is 4.98 Å². The van der Waals surface area contributed by atoms with Crippen molar-refractivity contribution in [2.75, 3.05) is 12.4 Å². The number of methoxy groups -OCH3 is 1. The Balaban J connectivity index is 2.94. The zero-order valence-electron chi connectivity index (χ0n) is 10.5. The Hall–Kier alpha value is -1.56. The van der Waals surface area contributed by atoms with Gasteiger partial charge in [-0.2, -0.15) is 4.39 Å². The van der Waals surface area contributed by atoms with E-state index in [4.69, 9.17) is 16.3 Å². The van der Waals surface area contributed by atoms with Gasteiger partial charge in [0.25, 0.3) is 5.88 Å². The average molecular weight is 277 g/mol. The summed E-state index contributed by atoms with van der Waals surface area (Å²) in [5.41, 5.74) is -0.915. The Morgan fingerprint density at radius 1 is 1.50 bits per heavy atom. The molecular weight excluding hydrogens is 263 g/mol. The monoisotopic (exact) mass is 276 g/mol. The van der Waals surface area contributed by atoms with Gasteiger partial charge in [0.2, 0.25) is 5.82 Å². The minimum Gasteiger partial charge on any atom is -0.479 e. The van der Waals surface area contributed by atoms with Gasteiger partial charge < -0.3 is 9.47 Å². The number of aromatic nitrogens is 1. The Labute approximate surface area is 109 Å². The number of anilines is 1. The number of pyridine rings is 1. The molecule has 7 heteroatoms. The van der Waals surface area contributed by atoms with Gasteiger partial charge in [0.1, 0.15) is 11.3 Å². The zero-order valence-corrected chi connectivity index (χ0v) is 11.3. The molecule has 0 aliphatic heterocycles. The molecule has 0 saturated heterocycles. The number of amides is 1. The van der Waals surface area contributed by atoms with Crippen LogP contribution in [0, 0.1) is 5.82 Å². The molecule has 1 rings (SSSR count). The third-order valence-electron chi connectivity index (χ3n) is 1.76. The van der Waals surface area contributed by atoms with E-state index >= 15 is 0 Å². The van der Waals surface area contributed by atoms with Crippen molar-refractivity contribution >= 4 is 23.4 Å². The van der Waals surface area contributed by atoms with Crippen LogP contribution in [0.2, 0.25) is 5.02 Å². The molecule has 0 fully saturated rings. The quantitative estimate of drug-likeness (QED) is 0.901. The maximum absolute atomic E-state index is 13.8. The fraction of sp³-hybridized carbons (Fsp3) is 0.455. The lowest BCUT2D eigenvalue weighted by Gasteiger charge is -2.20. The van der Waals surface area contributed by atoms with Gasteiger partial charge in [-0.15, -0.1) is 0 Å². The van der Waals surface area contributed by atoms with Crippen molar-refractivity contribution in [3.05, 3.63) is 17.0 Å². The van der Waals surface area contributed by atoms with E-state index in [1.807, 2.05) is 0 Å². The minimum atomic E-state index is -0.851. The molecule has 0 unspecified atom stereocenters. The number of hydrogen-bond acceptors (Lipinski definition) is 4. The van der Waals surface area contributed by atoms with E-state index in [1.54, 1.807) is 20.8 Å². The highest BCUT2D eigenvalue weighted by Gasteiger charge is 2.21. The van der Waals surface area contributed by atoms with E-state index in [0.29, 0.717) is 0 Å². The molecule has 5 nitrogen and oxygen atoms in total. The van der Waals surface area contributed by atoms with Gasteiger partial charge in [0, 0.05) is 0 Å². The molecular formula is C11H14ClFN2O3. The summed E-state index contributed by atoms with van der Waals surface area (Å²) < 4.78 is 23.5. The third kappa shape index (κ3) is 3.73. The van der Waals surface area contributed by atoms with Crippen LogP contribution in [0.4, 0.5) is 14.9 Å². The van der Waals surface area contributed by atoms with E-state index < -0.39 is 17.5 Å². The van der Waals surface area contributed by atoms with Crippen LogP contribution in [0.3, 0.4) is 0 Å². The van der Waals surface area contributed by atoms with Crippen molar-refractivity contribution < 1.29 is 18.7 Å². The van der Waals surface area contributed by atoms with Crippen LogP contribution in [0.1, 0.15) is 20.8 Å². The molecule has 1 amide bonds. The fourth-order valence-electron chi connectivity index (χ4n) is 1.11. The van der Waals surface area contributed by atoms with Crippen LogP contribution < -0.4 is 10.1 Å². The Bertz CT molecular complexity index is 460. The standard InChI is InChI=1S/C11H14ClFN2O3/c1-11(2,3)18-10(16)15-8-6(12)5-14-9(17-4)7(8)13/h5H,1-4H3,(H,14,15,16). The van der Waals surface area contributed by atoms with Crippen LogP contribution in [0.5, 0.6) is 5.88 Å². The highest BCUT2D eigenvalue weighted by Crippen LogP contribution is 2.29. The number of carbonyl (C=O) groups excluding carboxylic acids is 1. The van der Waals surface area contributed by atoms with Crippen molar-refractivity contribution in [2.45, 2.75) is 26.4 Å². The lowest BCUT2D eigenvalue weighted by molar-refractivity contribution is 0.0635. The first-order valence-electron chi connectivity index (χ1n) is 5.12. The summed E-state index contributed by atoms with van der Waals surface area (Å²) in [5.74, 6) is -1.11. The molecule has 100 valence electrons. The number of nitrogens with zero attached hydrogens (tertiary/aromatic N) is 1. The zero-order chi connectivity index (χ0) is 13.9. The SMILES string of the molecule is COc1ncc(Cl)c(NC(=O)OC(C)(C)C)c1F. The Morgan fingerprint density at radius 2 is 2.11 bits per heavy atom. The molecule has 1 N–H and O–H groups in total. The second-order valence-electron chi connectivity index (χ2n) is 4.43. The van der Waals surface area contributed by atoms with Crippen LogP contribution in [0.15, 0.2) is 6.20 Å². The molecule has 0 atom stereocenters. The first kappa shape index (κ1) is 14.5. The molecule has 0 radical (unpaired) electrons. The summed E-state index contributed by atoms with van der Waals surface area (Å²) >= 11 is 5.75. The summed E-state index contributed by atoms with van der Waals surface area (Å²) in [4.78, 5) is 15.1. The van der Waals surface area contributed by atoms with Crippen LogP contribution >= 0.6 is 11.6 Å². The molecule has 0 aliphatic rings. The number of hydrogen-bond donors (Lipinski definition) is 1. The number of nitrogens with one attached hydrogen (secondary N) is 1. The van der Waals surface area contributed by atoms with Gasteiger partial charge in [-0.3, -0.25) is 5.32 Å². The number of ether oxygens (including phenoxy) is 2. The predicted octanol–water partition coefficient (Wildman–Crippen LogP) is 3.23. The Kier molecular flexibility index (Phi) is 4.34. The molecule has 1 aromatic heterocycles. The second-order valence-corrected chi connectivity index (χ2v) is 4.84. The van der Waals surface area contributed by atoms with E-state index in [1.165, 1.54) is 13.3 Å². The van der Waals surface area contributed by atoms with Crippen LogP contribution in [-0.2, 0) is 4.74 Å². The van der Waals surface area contributed by atoms with Crippen molar-refractivity contribution in [1.29, 1.82) is 0 Å². The largest absolute Gasteiger partial charge is 0.479 e. The second kappa shape index (κ2) is 5.39. The fourth-order valence-corrected chi connectivity index (χ4v) is 1.29. The van der Waals surface area contributed by atoms with Gasteiger partial charge in [-0.1, -0.05) is 11.6 Å². The molecule has 18 heavy (non-hydrogen) atoms. The summed E-state index contributed by atoms with van der Waals surface area (Å²) in [6, 6.07) is 0. The van der Waals surface area contributed by atoms with Crippen molar-refractivity contribution in [3.8, 4) is 5.88 Å². The average Bonchev–Trinajstić information content (AvgIpc) is 2.22. The summed E-state index contributed by atoms with van der Waals surface area (Å²) in [7, 11) is 1.26. The molecule has 1 heterocycles. The van der Waals surface area contributed by atoms with Crippen molar-refractivity contribution in [3.63, 3.8) is 0 Å².